The highest BCUT2D eigenvalue weighted by Gasteiger charge is 2.18. The molecule has 9 nitrogen and oxygen atoms in total. The molecule has 0 unspecified atom stereocenters. The Hall–Kier alpha value is -4.31. The average Bonchev–Trinajstić information content (AvgIpc) is 2.88. The molecule has 35 heavy (non-hydrogen) atoms. The molecule has 3 N–H and O–H groups in total. The Morgan fingerprint density at radius 1 is 1.06 bits per heavy atom. The highest BCUT2D eigenvalue weighted by Crippen LogP contribution is 2.31. The highest BCUT2D eigenvalue weighted by molar-refractivity contribution is 9.10. The first-order valence-corrected chi connectivity index (χ1v) is 11.3. The molecular weight excluding hydrogens is 512 g/mol. The van der Waals surface area contributed by atoms with Crippen molar-refractivity contribution < 1.29 is 9.66 Å². The minimum absolute atomic E-state index is 0.0605. The molecular formula is C25H21BrN6O3. The normalized spacial score (nSPS) is 11.2. The van der Waals surface area contributed by atoms with Gasteiger partial charge in [0.1, 0.15) is 5.75 Å². The van der Waals surface area contributed by atoms with Gasteiger partial charge in [0.05, 0.1) is 35.5 Å². The number of benzene rings is 3. The summed E-state index contributed by atoms with van der Waals surface area (Å²) in [6.45, 7) is 0.362. The minimum Gasteiger partial charge on any atom is -0.497 e. The summed E-state index contributed by atoms with van der Waals surface area (Å²) < 4.78 is 6.21. The largest absolute Gasteiger partial charge is 0.497 e. The first-order chi connectivity index (χ1) is 16.9. The van der Waals surface area contributed by atoms with Gasteiger partial charge in [0.2, 0.25) is 5.95 Å². The maximum Gasteiger partial charge on any atom is 0.278 e. The number of halogens is 1. The molecule has 0 saturated carbocycles. The summed E-state index contributed by atoms with van der Waals surface area (Å²) in [7, 11) is 1.59. The van der Waals surface area contributed by atoms with Crippen molar-refractivity contribution in [1.29, 1.82) is 0 Å². The lowest BCUT2D eigenvalue weighted by molar-refractivity contribution is -0.384. The number of aromatic nitrogens is 2. The van der Waals surface area contributed by atoms with Crippen LogP contribution in [0.3, 0.4) is 0 Å². The van der Waals surface area contributed by atoms with Crippen molar-refractivity contribution in [2.45, 2.75) is 6.54 Å². The number of methoxy groups -OCH3 is 1. The van der Waals surface area contributed by atoms with E-state index in [0.29, 0.717) is 29.2 Å². The molecule has 0 amide bonds. The number of nitro benzene ring substituents is 1. The topological polar surface area (TPSA) is 129 Å². The Bertz CT molecular complexity index is 1380. The van der Waals surface area contributed by atoms with E-state index in [1.54, 1.807) is 31.4 Å². The van der Waals surface area contributed by atoms with Crippen molar-refractivity contribution in [2.24, 2.45) is 10.7 Å². The number of nitrogens with zero attached hydrogens (tertiary/aromatic N) is 4. The van der Waals surface area contributed by atoms with Crippen molar-refractivity contribution in [3.8, 4) is 28.3 Å². The van der Waals surface area contributed by atoms with Gasteiger partial charge in [0, 0.05) is 16.1 Å². The van der Waals surface area contributed by atoms with E-state index in [4.69, 9.17) is 10.5 Å². The lowest BCUT2D eigenvalue weighted by Gasteiger charge is -2.11. The summed E-state index contributed by atoms with van der Waals surface area (Å²) in [6, 6.07) is 23.2. The standard InChI is InChI=1S/C25H21BrN6O3/c1-35-19-12-8-17(9-13-19)21-14-22(20-4-2-3-5-23(20)32(33)34)30-25(29-21)31-24(27)28-15-16-6-10-18(26)11-7-16/h2-14H,15H2,1H3,(H3,27,28,29,30,31). The predicted molar refractivity (Wildman–Crippen MR) is 139 cm³/mol. The maximum absolute atomic E-state index is 11.6. The van der Waals surface area contributed by atoms with Crippen LogP contribution in [0.4, 0.5) is 11.6 Å². The molecule has 3 aromatic carbocycles. The number of nitrogens with two attached hydrogens (primary N) is 1. The van der Waals surface area contributed by atoms with Crippen LogP contribution in [-0.2, 0) is 6.54 Å². The van der Waals surface area contributed by atoms with Gasteiger partial charge in [-0.05, 0) is 54.1 Å². The van der Waals surface area contributed by atoms with Crippen LogP contribution in [0.5, 0.6) is 5.75 Å². The fourth-order valence-corrected chi connectivity index (χ4v) is 3.58. The molecule has 0 aliphatic carbocycles. The predicted octanol–water partition coefficient (Wildman–Crippen LogP) is 5.42. The van der Waals surface area contributed by atoms with Gasteiger partial charge < -0.3 is 10.5 Å². The number of aliphatic imine (C=N–C) groups is 1. The number of rotatable bonds is 7. The van der Waals surface area contributed by atoms with Crippen LogP contribution >= 0.6 is 15.9 Å². The van der Waals surface area contributed by atoms with E-state index in [1.165, 1.54) is 6.07 Å². The molecule has 0 aliphatic rings. The monoisotopic (exact) mass is 532 g/mol. The fourth-order valence-electron chi connectivity index (χ4n) is 3.32. The number of para-hydroxylation sites is 1. The lowest BCUT2D eigenvalue weighted by Crippen LogP contribution is -2.24. The van der Waals surface area contributed by atoms with Gasteiger partial charge in [0.15, 0.2) is 5.96 Å². The molecule has 4 rings (SSSR count). The van der Waals surface area contributed by atoms with Gasteiger partial charge in [-0.3, -0.25) is 15.4 Å². The van der Waals surface area contributed by atoms with Crippen LogP contribution in [0.2, 0.25) is 0 Å². The van der Waals surface area contributed by atoms with Crippen LogP contribution < -0.4 is 15.8 Å². The lowest BCUT2D eigenvalue weighted by atomic mass is 10.1. The molecule has 0 atom stereocenters. The van der Waals surface area contributed by atoms with E-state index in [0.717, 1.165) is 15.6 Å². The summed E-state index contributed by atoms with van der Waals surface area (Å²) in [5.41, 5.74) is 9.09. The van der Waals surface area contributed by atoms with Gasteiger partial charge in [-0.2, -0.15) is 0 Å². The molecule has 176 valence electrons. The molecule has 10 heteroatoms. The van der Waals surface area contributed by atoms with E-state index >= 15 is 0 Å². The summed E-state index contributed by atoms with van der Waals surface area (Å²) >= 11 is 3.41. The zero-order valence-corrected chi connectivity index (χ0v) is 20.3. The highest BCUT2D eigenvalue weighted by atomic mass is 79.9. The zero-order chi connectivity index (χ0) is 24.8. The maximum atomic E-state index is 11.6. The Balaban J connectivity index is 1.71. The van der Waals surface area contributed by atoms with Gasteiger partial charge in [0.25, 0.3) is 5.69 Å². The average molecular weight is 533 g/mol. The first-order valence-electron chi connectivity index (χ1n) is 10.5. The van der Waals surface area contributed by atoms with Crippen LogP contribution in [0.25, 0.3) is 22.5 Å². The van der Waals surface area contributed by atoms with Crippen molar-refractivity contribution >= 4 is 33.5 Å². The Kier molecular flexibility index (Phi) is 7.32. The van der Waals surface area contributed by atoms with Crippen molar-refractivity contribution in [3.63, 3.8) is 0 Å². The molecule has 0 fully saturated rings. The van der Waals surface area contributed by atoms with Gasteiger partial charge in [-0.25, -0.2) is 15.0 Å². The molecule has 0 saturated heterocycles. The molecule has 0 radical (unpaired) electrons. The Morgan fingerprint density at radius 2 is 1.74 bits per heavy atom. The third kappa shape index (κ3) is 5.98. The second-order valence-electron chi connectivity index (χ2n) is 7.42. The van der Waals surface area contributed by atoms with E-state index in [9.17, 15) is 10.1 Å². The number of nitrogens with one attached hydrogen (secondary N) is 1. The number of hydrogen-bond acceptors (Lipinski definition) is 6. The molecule has 0 aliphatic heterocycles. The third-order valence-corrected chi connectivity index (χ3v) is 5.60. The van der Waals surface area contributed by atoms with E-state index in [1.807, 2.05) is 48.5 Å². The van der Waals surface area contributed by atoms with Crippen molar-refractivity contribution in [1.82, 2.24) is 9.97 Å². The molecule has 1 heterocycles. The van der Waals surface area contributed by atoms with Crippen LogP contribution in [0, 0.1) is 10.1 Å². The zero-order valence-electron chi connectivity index (χ0n) is 18.7. The summed E-state index contributed by atoms with van der Waals surface area (Å²) in [6.07, 6.45) is 0. The summed E-state index contributed by atoms with van der Waals surface area (Å²) in [5, 5.41) is 14.5. The number of nitro groups is 1. The number of guanidine groups is 1. The third-order valence-electron chi connectivity index (χ3n) is 5.07. The van der Waals surface area contributed by atoms with Crippen LogP contribution in [0.15, 0.2) is 88.3 Å². The van der Waals surface area contributed by atoms with Crippen LogP contribution in [0.1, 0.15) is 5.56 Å². The first kappa shape index (κ1) is 23.8. The van der Waals surface area contributed by atoms with E-state index < -0.39 is 4.92 Å². The SMILES string of the molecule is COc1ccc(-c2cc(-c3ccccc3[N+](=O)[O-])nc(NC(N)=NCc3ccc(Br)cc3)n2)cc1. The second kappa shape index (κ2) is 10.7. The second-order valence-corrected chi connectivity index (χ2v) is 8.33. The molecule has 4 aromatic rings. The summed E-state index contributed by atoms with van der Waals surface area (Å²) in [5.74, 6) is 0.987. The fraction of sp³-hybridized carbons (Fsp3) is 0.0800. The molecule has 0 bridgehead atoms. The molecule has 0 spiro atoms. The Morgan fingerprint density at radius 3 is 2.43 bits per heavy atom. The quantitative estimate of drug-likeness (QED) is 0.141. The van der Waals surface area contributed by atoms with Gasteiger partial charge in [-0.1, -0.05) is 40.2 Å². The van der Waals surface area contributed by atoms with Crippen molar-refractivity contribution in [2.75, 3.05) is 12.4 Å². The summed E-state index contributed by atoms with van der Waals surface area (Å²) in [4.78, 5) is 24.6. The number of hydrogen-bond donors (Lipinski definition) is 2. The van der Waals surface area contributed by atoms with Gasteiger partial charge >= 0.3 is 0 Å². The van der Waals surface area contributed by atoms with E-state index in [-0.39, 0.29) is 17.6 Å². The Labute approximate surface area is 210 Å². The minimum atomic E-state index is -0.439. The number of ether oxygens (including phenoxy) is 1. The smallest absolute Gasteiger partial charge is 0.278 e. The molecule has 1 aromatic heterocycles. The van der Waals surface area contributed by atoms with Crippen molar-refractivity contribution in [3.05, 3.63) is 99.0 Å². The number of anilines is 1. The van der Waals surface area contributed by atoms with Crippen LogP contribution in [-0.4, -0.2) is 28.0 Å². The van der Waals surface area contributed by atoms with Gasteiger partial charge in [-0.15, -0.1) is 0 Å². The van der Waals surface area contributed by atoms with E-state index in [2.05, 4.69) is 36.2 Å².